The van der Waals surface area contributed by atoms with Crippen LogP contribution in [-0.2, 0) is 4.74 Å². The highest BCUT2D eigenvalue weighted by Crippen LogP contribution is 1.96. The molecule has 0 unspecified atom stereocenters. The van der Waals surface area contributed by atoms with Crippen LogP contribution in [-0.4, -0.2) is 18.2 Å². The second-order valence-corrected chi connectivity index (χ2v) is 1.40. The van der Waals surface area contributed by atoms with Gasteiger partial charge in [-0.3, -0.25) is 0 Å². The smallest absolute Gasteiger partial charge is 0.107 e. The van der Waals surface area contributed by atoms with Crippen LogP contribution in [0.5, 0.6) is 0 Å². The molecule has 0 aromatic rings. The maximum absolute atomic E-state index is 9.73. The third kappa shape index (κ3) is 0.959. The van der Waals surface area contributed by atoms with Gasteiger partial charge in [0, 0.05) is 0 Å². The zero-order valence-corrected chi connectivity index (χ0v) is 4.28. The van der Waals surface area contributed by atoms with Gasteiger partial charge in [-0.15, -0.1) is 4.91 Å². The molecule has 0 bridgehead atoms. The number of rotatable bonds is 1. The topological polar surface area (TPSA) is 41.9 Å². The van der Waals surface area contributed by atoms with E-state index in [2.05, 4.69) is 5.29 Å². The molecule has 44 valence electrons. The van der Waals surface area contributed by atoms with Gasteiger partial charge in [0.2, 0.25) is 0 Å². The summed E-state index contributed by atoms with van der Waals surface area (Å²) in [4.78, 5) is 9.73. The van der Waals surface area contributed by atoms with Gasteiger partial charge in [-0.25, -0.2) is 5.01 Å². The van der Waals surface area contributed by atoms with Crippen molar-refractivity contribution in [2.75, 3.05) is 13.2 Å². The fourth-order valence-corrected chi connectivity index (χ4v) is 0.470. The standard InChI is InChI=1S/C4H6N2O2/c7-5-6-1-3-8-4-2-6/h1,3H,2,4H2. The Hall–Kier alpha value is -1.06. The Kier molecular flexibility index (Phi) is 1.46. The maximum Gasteiger partial charge on any atom is 0.107 e. The number of nitroso groups, excluding NO2 is 1. The predicted octanol–water partition coefficient (Wildman–Crippen LogP) is 0.471. The maximum atomic E-state index is 9.73. The van der Waals surface area contributed by atoms with E-state index in [4.69, 9.17) is 4.74 Å². The fraction of sp³-hybridized carbons (Fsp3) is 0.500. The highest BCUT2D eigenvalue weighted by molar-refractivity contribution is 4.76. The molecule has 0 saturated carbocycles. The molecule has 1 aliphatic heterocycles. The van der Waals surface area contributed by atoms with Crippen molar-refractivity contribution in [2.45, 2.75) is 0 Å². The van der Waals surface area contributed by atoms with Crippen LogP contribution < -0.4 is 0 Å². The summed E-state index contributed by atoms with van der Waals surface area (Å²) in [5.74, 6) is 0. The lowest BCUT2D eigenvalue weighted by Crippen LogP contribution is -2.18. The van der Waals surface area contributed by atoms with E-state index in [1.54, 1.807) is 0 Å². The van der Waals surface area contributed by atoms with Crippen molar-refractivity contribution in [1.29, 1.82) is 0 Å². The van der Waals surface area contributed by atoms with Crippen LogP contribution in [0.15, 0.2) is 17.7 Å². The van der Waals surface area contributed by atoms with Gasteiger partial charge in [-0.05, 0) is 0 Å². The first-order valence-electron chi connectivity index (χ1n) is 2.31. The first-order valence-corrected chi connectivity index (χ1v) is 2.31. The van der Waals surface area contributed by atoms with Crippen LogP contribution in [0.2, 0.25) is 0 Å². The molecule has 0 spiro atoms. The van der Waals surface area contributed by atoms with Crippen molar-refractivity contribution in [1.82, 2.24) is 5.01 Å². The molecule has 8 heavy (non-hydrogen) atoms. The summed E-state index contributed by atoms with van der Waals surface area (Å²) in [7, 11) is 0. The highest BCUT2D eigenvalue weighted by atomic mass is 16.5. The molecule has 1 heterocycles. The molecule has 0 amide bonds. The largest absolute Gasteiger partial charge is 0.498 e. The molecular formula is C4H6N2O2. The zero-order valence-electron chi connectivity index (χ0n) is 4.28. The fourth-order valence-electron chi connectivity index (χ4n) is 0.470. The normalized spacial score (nSPS) is 17.8. The van der Waals surface area contributed by atoms with Gasteiger partial charge >= 0.3 is 0 Å². The summed E-state index contributed by atoms with van der Waals surface area (Å²) < 4.78 is 4.78. The van der Waals surface area contributed by atoms with E-state index in [1.807, 2.05) is 0 Å². The quantitative estimate of drug-likeness (QED) is 0.465. The molecule has 4 nitrogen and oxygen atoms in total. The van der Waals surface area contributed by atoms with Gasteiger partial charge in [0.25, 0.3) is 0 Å². The minimum absolute atomic E-state index is 0.544. The van der Waals surface area contributed by atoms with Gasteiger partial charge < -0.3 is 4.74 Å². The molecule has 1 aliphatic rings. The number of hydrogen-bond acceptors (Lipinski definition) is 3. The first kappa shape index (κ1) is 5.08. The van der Waals surface area contributed by atoms with Gasteiger partial charge in [0.15, 0.2) is 0 Å². The number of hydrogen-bond donors (Lipinski definition) is 0. The van der Waals surface area contributed by atoms with Gasteiger partial charge in [0.05, 0.1) is 18.0 Å². The second kappa shape index (κ2) is 2.30. The van der Waals surface area contributed by atoms with E-state index >= 15 is 0 Å². The lowest BCUT2D eigenvalue weighted by Gasteiger charge is -2.13. The van der Waals surface area contributed by atoms with E-state index in [0.29, 0.717) is 13.2 Å². The second-order valence-electron chi connectivity index (χ2n) is 1.40. The molecule has 0 aromatic carbocycles. The molecule has 0 aliphatic carbocycles. The lowest BCUT2D eigenvalue weighted by atomic mass is 10.6. The summed E-state index contributed by atoms with van der Waals surface area (Å²) in [5, 5.41) is 3.95. The monoisotopic (exact) mass is 114 g/mol. The van der Waals surface area contributed by atoms with Gasteiger partial charge in [-0.1, -0.05) is 0 Å². The van der Waals surface area contributed by atoms with E-state index in [9.17, 15) is 4.91 Å². The summed E-state index contributed by atoms with van der Waals surface area (Å²) in [6.07, 6.45) is 2.95. The summed E-state index contributed by atoms with van der Waals surface area (Å²) in [6.45, 7) is 1.10. The molecule has 1 rings (SSSR count). The molecule has 0 saturated heterocycles. The van der Waals surface area contributed by atoms with Crippen LogP contribution in [0.4, 0.5) is 0 Å². The zero-order chi connectivity index (χ0) is 5.82. The molecular weight excluding hydrogens is 108 g/mol. The minimum atomic E-state index is 0.544. The third-order valence-corrected chi connectivity index (χ3v) is 0.872. The van der Waals surface area contributed by atoms with Crippen molar-refractivity contribution < 1.29 is 4.74 Å². The molecule has 0 fully saturated rings. The Morgan fingerprint density at radius 2 is 2.62 bits per heavy atom. The Labute approximate surface area is 46.7 Å². The average molecular weight is 114 g/mol. The Balaban J connectivity index is 2.42. The van der Waals surface area contributed by atoms with Crippen molar-refractivity contribution in [3.63, 3.8) is 0 Å². The lowest BCUT2D eigenvalue weighted by molar-refractivity contribution is 0.175. The average Bonchev–Trinajstić information content (AvgIpc) is 1.90. The minimum Gasteiger partial charge on any atom is -0.498 e. The number of ether oxygens (including phenoxy) is 1. The SMILES string of the molecule is O=NN1C=COCC1. The summed E-state index contributed by atoms with van der Waals surface area (Å²) in [6, 6.07) is 0. The summed E-state index contributed by atoms with van der Waals surface area (Å²) >= 11 is 0. The Morgan fingerprint density at radius 1 is 1.75 bits per heavy atom. The van der Waals surface area contributed by atoms with Crippen LogP contribution in [0.3, 0.4) is 0 Å². The van der Waals surface area contributed by atoms with Crippen LogP contribution in [0, 0.1) is 4.91 Å². The molecule has 0 atom stereocenters. The molecule has 0 aromatic heterocycles. The van der Waals surface area contributed by atoms with E-state index in [0.717, 1.165) is 0 Å². The van der Waals surface area contributed by atoms with E-state index < -0.39 is 0 Å². The van der Waals surface area contributed by atoms with Crippen LogP contribution in [0.1, 0.15) is 0 Å². The molecule has 4 heteroatoms. The highest BCUT2D eigenvalue weighted by Gasteiger charge is 2.00. The van der Waals surface area contributed by atoms with Gasteiger partial charge in [0.1, 0.15) is 12.9 Å². The van der Waals surface area contributed by atoms with E-state index in [-0.39, 0.29) is 0 Å². The van der Waals surface area contributed by atoms with Crippen molar-refractivity contribution in [2.24, 2.45) is 5.29 Å². The van der Waals surface area contributed by atoms with Crippen LogP contribution in [0.25, 0.3) is 0 Å². The molecule has 0 radical (unpaired) electrons. The Bertz CT molecular complexity index is 113. The van der Waals surface area contributed by atoms with E-state index in [1.165, 1.54) is 17.5 Å². The third-order valence-electron chi connectivity index (χ3n) is 0.872. The van der Waals surface area contributed by atoms with Crippen molar-refractivity contribution >= 4 is 0 Å². The van der Waals surface area contributed by atoms with Crippen molar-refractivity contribution in [3.8, 4) is 0 Å². The van der Waals surface area contributed by atoms with Gasteiger partial charge in [-0.2, -0.15) is 0 Å². The summed E-state index contributed by atoms with van der Waals surface area (Å²) in [5.41, 5.74) is 0. The first-order chi connectivity index (χ1) is 3.93. The van der Waals surface area contributed by atoms with Crippen molar-refractivity contribution in [3.05, 3.63) is 17.4 Å². The van der Waals surface area contributed by atoms with Crippen LogP contribution >= 0.6 is 0 Å². The number of nitrogens with zero attached hydrogens (tertiary/aromatic N) is 2. The Morgan fingerprint density at radius 3 is 3.00 bits per heavy atom. The molecule has 0 N–H and O–H groups in total. The predicted molar refractivity (Wildman–Crippen MR) is 27.6 cm³/mol.